The molecule has 2 aliphatic rings. The van der Waals surface area contributed by atoms with Crippen LogP contribution in [-0.4, -0.2) is 18.2 Å². The molecule has 4 heteroatoms. The summed E-state index contributed by atoms with van der Waals surface area (Å²) in [4.78, 5) is 4.57. The average Bonchev–Trinajstić information content (AvgIpc) is 2.55. The van der Waals surface area contributed by atoms with Crippen LogP contribution in [0.15, 0.2) is 36.5 Å². The van der Waals surface area contributed by atoms with Gasteiger partial charge in [0.1, 0.15) is 13.2 Å². The third kappa shape index (κ3) is 2.42. The number of pyridine rings is 1. The molecule has 0 saturated carbocycles. The first-order valence-electron chi connectivity index (χ1n) is 7.50. The van der Waals surface area contributed by atoms with Crippen LogP contribution in [0, 0.1) is 0 Å². The van der Waals surface area contributed by atoms with Crippen molar-refractivity contribution in [3.63, 3.8) is 0 Å². The molecule has 0 spiro atoms. The number of hydrogen-bond acceptors (Lipinski definition) is 4. The highest BCUT2D eigenvalue weighted by Gasteiger charge is 2.21. The number of nitrogens with one attached hydrogen (secondary N) is 1. The molecule has 0 saturated heterocycles. The van der Waals surface area contributed by atoms with Crippen molar-refractivity contribution >= 4 is 5.69 Å². The predicted molar refractivity (Wildman–Crippen MR) is 81.0 cm³/mol. The SMILES string of the molecule is c1cnc2c(c1)CCCC2Nc1ccc2c(c1)OCCO2. The number of anilines is 1. The summed E-state index contributed by atoms with van der Waals surface area (Å²) >= 11 is 0. The number of aromatic nitrogens is 1. The van der Waals surface area contributed by atoms with Crippen LogP contribution in [0.4, 0.5) is 5.69 Å². The first kappa shape index (κ1) is 12.5. The highest BCUT2D eigenvalue weighted by Crippen LogP contribution is 2.36. The summed E-state index contributed by atoms with van der Waals surface area (Å²) < 4.78 is 11.2. The molecule has 4 rings (SSSR count). The van der Waals surface area contributed by atoms with E-state index in [1.54, 1.807) is 0 Å². The third-order valence-corrected chi connectivity index (χ3v) is 4.08. The van der Waals surface area contributed by atoms with Gasteiger partial charge >= 0.3 is 0 Å². The number of ether oxygens (including phenoxy) is 2. The van der Waals surface area contributed by atoms with Gasteiger partial charge in [-0.25, -0.2) is 0 Å². The highest BCUT2D eigenvalue weighted by atomic mass is 16.6. The number of aryl methyl sites for hydroxylation is 1. The Morgan fingerprint density at radius 3 is 2.95 bits per heavy atom. The lowest BCUT2D eigenvalue weighted by molar-refractivity contribution is 0.171. The Hall–Kier alpha value is -2.23. The van der Waals surface area contributed by atoms with Crippen molar-refractivity contribution in [1.82, 2.24) is 4.98 Å². The zero-order valence-corrected chi connectivity index (χ0v) is 11.8. The highest BCUT2D eigenvalue weighted by molar-refractivity contribution is 5.56. The number of benzene rings is 1. The van der Waals surface area contributed by atoms with Gasteiger partial charge in [0.25, 0.3) is 0 Å². The van der Waals surface area contributed by atoms with E-state index in [0.29, 0.717) is 13.2 Å². The van der Waals surface area contributed by atoms with Gasteiger partial charge in [0, 0.05) is 18.0 Å². The van der Waals surface area contributed by atoms with Crippen LogP contribution in [0.5, 0.6) is 11.5 Å². The molecule has 2 aromatic rings. The zero-order chi connectivity index (χ0) is 14.1. The normalized spacial score (nSPS) is 19.7. The van der Waals surface area contributed by atoms with Gasteiger partial charge in [-0.1, -0.05) is 6.07 Å². The molecule has 2 heterocycles. The van der Waals surface area contributed by atoms with E-state index in [-0.39, 0.29) is 6.04 Å². The van der Waals surface area contributed by atoms with Crippen LogP contribution in [0.3, 0.4) is 0 Å². The molecule has 0 amide bonds. The maximum Gasteiger partial charge on any atom is 0.163 e. The Labute approximate surface area is 124 Å². The third-order valence-electron chi connectivity index (χ3n) is 4.08. The minimum Gasteiger partial charge on any atom is -0.486 e. The summed E-state index contributed by atoms with van der Waals surface area (Å²) in [5.74, 6) is 1.65. The van der Waals surface area contributed by atoms with Crippen LogP contribution in [0.2, 0.25) is 0 Å². The number of rotatable bonds is 2. The fourth-order valence-corrected chi connectivity index (χ4v) is 3.08. The fraction of sp³-hybridized carbons (Fsp3) is 0.353. The van der Waals surface area contributed by atoms with Gasteiger partial charge in [-0.2, -0.15) is 0 Å². The quantitative estimate of drug-likeness (QED) is 0.917. The minimum absolute atomic E-state index is 0.275. The van der Waals surface area contributed by atoms with Crippen molar-refractivity contribution in [1.29, 1.82) is 0 Å². The Bertz CT molecular complexity index is 657. The molecule has 21 heavy (non-hydrogen) atoms. The van der Waals surface area contributed by atoms with E-state index in [2.05, 4.69) is 16.4 Å². The zero-order valence-electron chi connectivity index (χ0n) is 11.8. The van der Waals surface area contributed by atoms with Crippen molar-refractivity contribution in [2.75, 3.05) is 18.5 Å². The number of nitrogens with zero attached hydrogens (tertiary/aromatic N) is 1. The molecule has 1 unspecified atom stereocenters. The molecule has 0 bridgehead atoms. The Kier molecular flexibility index (Phi) is 3.14. The van der Waals surface area contributed by atoms with Crippen molar-refractivity contribution in [3.05, 3.63) is 47.8 Å². The largest absolute Gasteiger partial charge is 0.486 e. The van der Waals surface area contributed by atoms with Gasteiger partial charge in [0.2, 0.25) is 0 Å². The Morgan fingerprint density at radius 2 is 2.00 bits per heavy atom. The molecule has 1 N–H and O–H groups in total. The molecular weight excluding hydrogens is 264 g/mol. The molecule has 4 nitrogen and oxygen atoms in total. The maximum atomic E-state index is 5.64. The van der Waals surface area contributed by atoms with Crippen LogP contribution < -0.4 is 14.8 Å². The van der Waals surface area contributed by atoms with Crippen LogP contribution in [-0.2, 0) is 6.42 Å². The summed E-state index contributed by atoms with van der Waals surface area (Å²) in [5.41, 5.74) is 3.60. The van der Waals surface area contributed by atoms with Gasteiger partial charge in [-0.3, -0.25) is 4.98 Å². The summed E-state index contributed by atoms with van der Waals surface area (Å²) in [7, 11) is 0. The summed E-state index contributed by atoms with van der Waals surface area (Å²) in [6, 6.07) is 10.5. The van der Waals surface area contributed by atoms with Gasteiger partial charge < -0.3 is 14.8 Å². The molecule has 1 atom stereocenters. The Morgan fingerprint density at radius 1 is 1.10 bits per heavy atom. The number of hydrogen-bond donors (Lipinski definition) is 1. The maximum absolute atomic E-state index is 5.64. The monoisotopic (exact) mass is 282 g/mol. The second kappa shape index (κ2) is 5.28. The summed E-state index contributed by atoms with van der Waals surface area (Å²) in [5, 5.41) is 3.59. The predicted octanol–water partition coefficient (Wildman–Crippen LogP) is 3.34. The van der Waals surface area contributed by atoms with Gasteiger partial charge in [-0.05, 0) is 43.0 Å². The van der Waals surface area contributed by atoms with E-state index in [9.17, 15) is 0 Å². The van der Waals surface area contributed by atoms with E-state index in [4.69, 9.17) is 9.47 Å². The summed E-state index contributed by atoms with van der Waals surface area (Å²) in [6.07, 6.45) is 5.31. The molecule has 1 aliphatic carbocycles. The van der Waals surface area contributed by atoms with Crippen molar-refractivity contribution < 1.29 is 9.47 Å². The second-order valence-electron chi connectivity index (χ2n) is 5.50. The first-order chi connectivity index (χ1) is 10.4. The van der Waals surface area contributed by atoms with Gasteiger partial charge in [0.05, 0.1) is 11.7 Å². The van der Waals surface area contributed by atoms with Crippen LogP contribution >= 0.6 is 0 Å². The summed E-state index contributed by atoms with van der Waals surface area (Å²) in [6.45, 7) is 1.24. The molecular formula is C17H18N2O2. The van der Waals surface area contributed by atoms with Crippen LogP contribution in [0.25, 0.3) is 0 Å². The lowest BCUT2D eigenvalue weighted by Crippen LogP contribution is -2.19. The van der Waals surface area contributed by atoms with Crippen LogP contribution in [0.1, 0.15) is 30.1 Å². The minimum atomic E-state index is 0.275. The standard InChI is InChI=1S/C17H18N2O2/c1-3-12-4-2-8-18-17(12)14(5-1)19-13-6-7-15-16(11-13)21-10-9-20-15/h2,4,6-8,11,14,19H,1,3,5,9-10H2. The van der Waals surface area contributed by atoms with Gasteiger partial charge in [-0.15, -0.1) is 0 Å². The second-order valence-corrected chi connectivity index (χ2v) is 5.50. The van der Waals surface area contributed by atoms with E-state index in [1.165, 1.54) is 17.7 Å². The van der Waals surface area contributed by atoms with Crippen molar-refractivity contribution in [3.8, 4) is 11.5 Å². The van der Waals surface area contributed by atoms with Crippen molar-refractivity contribution in [2.45, 2.75) is 25.3 Å². The van der Waals surface area contributed by atoms with E-state index in [0.717, 1.165) is 30.0 Å². The first-order valence-corrected chi connectivity index (χ1v) is 7.50. The fourth-order valence-electron chi connectivity index (χ4n) is 3.08. The van der Waals surface area contributed by atoms with E-state index in [1.807, 2.05) is 30.5 Å². The molecule has 1 aliphatic heterocycles. The molecule has 108 valence electrons. The lowest BCUT2D eigenvalue weighted by atomic mass is 9.92. The smallest absolute Gasteiger partial charge is 0.163 e. The molecule has 1 aromatic carbocycles. The lowest BCUT2D eigenvalue weighted by Gasteiger charge is -2.26. The molecule has 1 aromatic heterocycles. The topological polar surface area (TPSA) is 43.4 Å². The molecule has 0 fully saturated rings. The number of fused-ring (bicyclic) bond motifs is 2. The molecule has 0 radical (unpaired) electrons. The van der Waals surface area contributed by atoms with E-state index < -0.39 is 0 Å². The average molecular weight is 282 g/mol. The Balaban J connectivity index is 1.59. The van der Waals surface area contributed by atoms with Gasteiger partial charge in [0.15, 0.2) is 11.5 Å². The van der Waals surface area contributed by atoms with Crippen molar-refractivity contribution in [2.24, 2.45) is 0 Å². The van der Waals surface area contributed by atoms with E-state index >= 15 is 0 Å².